The lowest BCUT2D eigenvalue weighted by Gasteiger charge is -2.49. The Kier molecular flexibility index (Phi) is 4.19. The van der Waals surface area contributed by atoms with Gasteiger partial charge in [-0.25, -0.2) is 0 Å². The minimum absolute atomic E-state index is 0.244. The SMILES string of the molecule is CN(C)C12CNCC([C@@H](c3ccccc3)C1)[C@H](c1ccccc1)C2. The smallest absolute Gasteiger partial charge is 0.0339 e. The van der Waals surface area contributed by atoms with Crippen LogP contribution < -0.4 is 5.32 Å². The first-order chi connectivity index (χ1) is 11.7. The van der Waals surface area contributed by atoms with Crippen LogP contribution in [0.15, 0.2) is 60.7 Å². The van der Waals surface area contributed by atoms with Crippen molar-refractivity contribution in [2.75, 3.05) is 27.2 Å². The van der Waals surface area contributed by atoms with Gasteiger partial charge in [0.05, 0.1) is 0 Å². The zero-order chi connectivity index (χ0) is 16.6. The average molecular weight is 320 g/mol. The molecule has 0 radical (unpaired) electrons. The van der Waals surface area contributed by atoms with Crippen LogP contribution in [0.1, 0.15) is 35.8 Å². The summed E-state index contributed by atoms with van der Waals surface area (Å²) in [5, 5.41) is 3.79. The lowest BCUT2D eigenvalue weighted by atomic mass is 9.61. The Morgan fingerprint density at radius 1 is 0.833 bits per heavy atom. The Labute approximate surface area is 145 Å². The van der Waals surface area contributed by atoms with Crippen LogP contribution >= 0.6 is 0 Å². The van der Waals surface area contributed by atoms with Crippen LogP contribution in [0.25, 0.3) is 0 Å². The molecule has 2 saturated heterocycles. The number of hydrogen-bond acceptors (Lipinski definition) is 2. The van der Waals surface area contributed by atoms with E-state index in [-0.39, 0.29) is 5.54 Å². The van der Waals surface area contributed by atoms with E-state index in [1.165, 1.54) is 24.0 Å². The van der Waals surface area contributed by atoms with Gasteiger partial charge in [-0.05, 0) is 62.4 Å². The number of benzene rings is 2. The van der Waals surface area contributed by atoms with E-state index in [4.69, 9.17) is 0 Å². The molecule has 0 aromatic heterocycles. The highest BCUT2D eigenvalue weighted by atomic mass is 15.2. The first kappa shape index (κ1) is 15.9. The number of nitrogens with one attached hydrogen (secondary N) is 1. The van der Waals surface area contributed by atoms with E-state index in [1.807, 2.05) is 0 Å². The minimum Gasteiger partial charge on any atom is -0.315 e. The molecule has 2 bridgehead atoms. The van der Waals surface area contributed by atoms with Gasteiger partial charge < -0.3 is 10.2 Å². The van der Waals surface area contributed by atoms with Crippen molar-refractivity contribution in [3.8, 4) is 0 Å². The highest BCUT2D eigenvalue weighted by molar-refractivity contribution is 5.30. The van der Waals surface area contributed by atoms with Crippen LogP contribution in [-0.2, 0) is 0 Å². The molecule has 1 saturated carbocycles. The van der Waals surface area contributed by atoms with E-state index in [9.17, 15) is 0 Å². The Hall–Kier alpha value is -1.64. The van der Waals surface area contributed by atoms with Crippen molar-refractivity contribution in [2.24, 2.45) is 5.92 Å². The maximum absolute atomic E-state index is 3.79. The zero-order valence-corrected chi connectivity index (χ0v) is 14.8. The van der Waals surface area contributed by atoms with E-state index in [1.54, 1.807) is 0 Å². The molecular weight excluding hydrogens is 292 g/mol. The van der Waals surface area contributed by atoms with Crippen molar-refractivity contribution in [3.63, 3.8) is 0 Å². The topological polar surface area (TPSA) is 15.3 Å². The van der Waals surface area contributed by atoms with Gasteiger partial charge in [0, 0.05) is 12.1 Å². The van der Waals surface area contributed by atoms with Crippen molar-refractivity contribution in [1.29, 1.82) is 0 Å². The summed E-state index contributed by atoms with van der Waals surface area (Å²) in [4.78, 5) is 2.48. The second kappa shape index (κ2) is 6.34. The second-order valence-corrected chi connectivity index (χ2v) is 7.86. The molecule has 0 spiro atoms. The third kappa shape index (κ3) is 2.68. The first-order valence-corrected chi connectivity index (χ1v) is 9.18. The Morgan fingerprint density at radius 3 is 1.79 bits per heavy atom. The molecule has 24 heavy (non-hydrogen) atoms. The molecular formula is C22H28N2. The monoisotopic (exact) mass is 320 g/mol. The standard InChI is InChI=1S/C22H28N2/c1-24(2)22-13-19(17-9-5-3-6-10-17)21(15-23-16-22)20(14-22)18-11-7-4-8-12-18/h3-12,19-21,23H,13-16H2,1-2H3/t19-,20+,21?,22?. The second-order valence-electron chi connectivity index (χ2n) is 7.86. The molecule has 3 aliphatic rings. The summed E-state index contributed by atoms with van der Waals surface area (Å²) in [6.45, 7) is 2.22. The van der Waals surface area contributed by atoms with Gasteiger partial charge in [0.25, 0.3) is 0 Å². The van der Waals surface area contributed by atoms with Crippen LogP contribution in [0.2, 0.25) is 0 Å². The van der Waals surface area contributed by atoms with Gasteiger partial charge in [-0.2, -0.15) is 0 Å². The van der Waals surface area contributed by atoms with Gasteiger partial charge in [0.15, 0.2) is 0 Å². The Balaban J connectivity index is 1.79. The summed E-state index contributed by atoms with van der Waals surface area (Å²) in [5.41, 5.74) is 3.27. The van der Waals surface area contributed by atoms with E-state index < -0.39 is 0 Å². The van der Waals surface area contributed by atoms with Crippen molar-refractivity contribution in [3.05, 3.63) is 71.8 Å². The molecule has 2 nitrogen and oxygen atoms in total. The minimum atomic E-state index is 0.244. The van der Waals surface area contributed by atoms with Crippen LogP contribution in [0, 0.1) is 5.92 Å². The predicted molar refractivity (Wildman–Crippen MR) is 100 cm³/mol. The summed E-state index contributed by atoms with van der Waals surface area (Å²) in [5.74, 6) is 1.93. The molecule has 0 amide bonds. The maximum atomic E-state index is 3.79. The van der Waals surface area contributed by atoms with E-state index >= 15 is 0 Å². The molecule has 3 fully saturated rings. The fourth-order valence-corrected chi connectivity index (χ4v) is 5.04. The normalized spacial score (nSPS) is 32.7. The molecule has 2 aromatic rings. The third-order valence-corrected chi connectivity index (χ3v) is 6.47. The van der Waals surface area contributed by atoms with Crippen LogP contribution in [0.3, 0.4) is 0 Å². The van der Waals surface area contributed by atoms with E-state index in [2.05, 4.69) is 85.0 Å². The number of hydrogen-bond donors (Lipinski definition) is 1. The van der Waals surface area contributed by atoms with Crippen molar-refractivity contribution in [2.45, 2.75) is 30.2 Å². The van der Waals surface area contributed by atoms with Gasteiger partial charge in [-0.1, -0.05) is 60.7 Å². The largest absolute Gasteiger partial charge is 0.315 e. The quantitative estimate of drug-likeness (QED) is 0.923. The number of nitrogens with zero attached hydrogens (tertiary/aromatic N) is 1. The summed E-state index contributed by atoms with van der Waals surface area (Å²) >= 11 is 0. The zero-order valence-electron chi connectivity index (χ0n) is 14.8. The maximum Gasteiger partial charge on any atom is 0.0339 e. The molecule has 2 aromatic carbocycles. The molecule has 1 N–H and O–H groups in total. The summed E-state index contributed by atoms with van der Waals surface area (Å²) in [6.07, 6.45) is 2.51. The summed E-state index contributed by atoms with van der Waals surface area (Å²) in [7, 11) is 4.52. The van der Waals surface area contributed by atoms with Crippen LogP contribution in [-0.4, -0.2) is 37.6 Å². The molecule has 2 aliphatic heterocycles. The number of fused-ring (bicyclic) bond motifs is 4. The van der Waals surface area contributed by atoms with Gasteiger partial charge in [-0.3, -0.25) is 0 Å². The highest BCUT2D eigenvalue weighted by Gasteiger charge is 2.50. The van der Waals surface area contributed by atoms with Crippen LogP contribution in [0.4, 0.5) is 0 Å². The van der Waals surface area contributed by atoms with Crippen molar-refractivity contribution < 1.29 is 0 Å². The van der Waals surface area contributed by atoms with E-state index in [0.29, 0.717) is 17.8 Å². The molecule has 1 aliphatic carbocycles. The highest BCUT2D eigenvalue weighted by Crippen LogP contribution is 2.52. The summed E-state index contributed by atoms with van der Waals surface area (Å²) in [6, 6.07) is 22.4. The molecule has 2 heteroatoms. The third-order valence-electron chi connectivity index (χ3n) is 6.47. The van der Waals surface area contributed by atoms with Gasteiger partial charge in [0.1, 0.15) is 0 Å². The molecule has 2 unspecified atom stereocenters. The lowest BCUT2D eigenvalue weighted by molar-refractivity contribution is 0.0769. The van der Waals surface area contributed by atoms with E-state index in [0.717, 1.165) is 13.1 Å². The lowest BCUT2D eigenvalue weighted by Crippen LogP contribution is -2.53. The number of likely N-dealkylation sites (N-methyl/N-ethyl adjacent to an activating group) is 1. The molecule has 5 rings (SSSR count). The molecule has 126 valence electrons. The van der Waals surface area contributed by atoms with Crippen LogP contribution in [0.5, 0.6) is 0 Å². The average Bonchev–Trinajstić information content (AvgIpc) is 2.94. The Morgan fingerprint density at radius 2 is 1.33 bits per heavy atom. The summed E-state index contributed by atoms with van der Waals surface area (Å²) < 4.78 is 0. The fourth-order valence-electron chi connectivity index (χ4n) is 5.04. The van der Waals surface area contributed by atoms with Gasteiger partial charge in [0.2, 0.25) is 0 Å². The Bertz CT molecular complexity index is 615. The van der Waals surface area contributed by atoms with Crippen molar-refractivity contribution >= 4 is 0 Å². The fraction of sp³-hybridized carbons (Fsp3) is 0.455. The predicted octanol–water partition coefficient (Wildman–Crippen LogP) is 3.87. The molecule has 2 heterocycles. The van der Waals surface area contributed by atoms with Gasteiger partial charge in [-0.15, -0.1) is 0 Å². The number of rotatable bonds is 3. The van der Waals surface area contributed by atoms with Crippen molar-refractivity contribution in [1.82, 2.24) is 10.2 Å². The molecule has 4 atom stereocenters. The first-order valence-electron chi connectivity index (χ1n) is 9.18. The van der Waals surface area contributed by atoms with Gasteiger partial charge >= 0.3 is 0 Å².